The van der Waals surface area contributed by atoms with Gasteiger partial charge in [0, 0.05) is 24.3 Å². The van der Waals surface area contributed by atoms with Gasteiger partial charge in [-0.2, -0.15) is 0 Å². The fraction of sp³-hybridized carbons (Fsp3) is 0.130. The lowest BCUT2D eigenvalue weighted by atomic mass is 10.2. The number of nitrogens with two attached hydrogens (primary N) is 1. The molecular weight excluding hydrogens is 386 g/mol. The van der Waals surface area contributed by atoms with Crippen LogP contribution in [0.2, 0.25) is 0 Å². The highest BCUT2D eigenvalue weighted by molar-refractivity contribution is 5.79. The van der Waals surface area contributed by atoms with Gasteiger partial charge in [0.15, 0.2) is 0 Å². The zero-order valence-electron chi connectivity index (χ0n) is 16.1. The number of primary amides is 1. The van der Waals surface area contributed by atoms with Crippen LogP contribution in [0.3, 0.4) is 0 Å². The number of benzene rings is 3. The Labute approximate surface area is 172 Å². The highest BCUT2D eigenvalue weighted by Crippen LogP contribution is 2.26. The van der Waals surface area contributed by atoms with Crippen LogP contribution >= 0.6 is 0 Å². The molecule has 0 spiro atoms. The monoisotopic (exact) mass is 406 g/mol. The molecule has 1 amide bonds. The van der Waals surface area contributed by atoms with E-state index in [9.17, 15) is 13.6 Å². The molecule has 0 fully saturated rings. The predicted octanol–water partition coefficient (Wildman–Crippen LogP) is 4.19. The maximum absolute atomic E-state index is 14.7. The van der Waals surface area contributed by atoms with Gasteiger partial charge in [0.25, 0.3) is 0 Å². The summed E-state index contributed by atoms with van der Waals surface area (Å²) >= 11 is 0. The SMILES string of the molecule is NC(=O)CCN(Cc1nc2cccc(F)c2n1-c1ccccc1)c1ccc(F)cc1. The Kier molecular flexibility index (Phi) is 5.43. The van der Waals surface area contributed by atoms with Crippen molar-refractivity contribution in [3.8, 4) is 5.69 Å². The van der Waals surface area contributed by atoms with Crippen molar-refractivity contribution in [1.29, 1.82) is 0 Å². The van der Waals surface area contributed by atoms with Crippen LogP contribution in [-0.2, 0) is 11.3 Å². The molecule has 0 atom stereocenters. The van der Waals surface area contributed by atoms with E-state index in [0.717, 1.165) is 5.69 Å². The number of hydrogen-bond donors (Lipinski definition) is 1. The van der Waals surface area contributed by atoms with Crippen molar-refractivity contribution in [2.24, 2.45) is 5.73 Å². The molecule has 0 radical (unpaired) electrons. The van der Waals surface area contributed by atoms with Crippen LogP contribution in [0.15, 0.2) is 72.8 Å². The molecule has 0 saturated carbocycles. The molecule has 2 N–H and O–H groups in total. The predicted molar refractivity (Wildman–Crippen MR) is 112 cm³/mol. The minimum absolute atomic E-state index is 0.122. The first kappa shape index (κ1) is 19.6. The molecule has 0 unspecified atom stereocenters. The summed E-state index contributed by atoms with van der Waals surface area (Å²) < 4.78 is 29.9. The maximum Gasteiger partial charge on any atom is 0.219 e. The number of carbonyl (C=O) groups is 1. The van der Waals surface area contributed by atoms with Crippen molar-refractivity contribution in [1.82, 2.24) is 9.55 Å². The number of fused-ring (bicyclic) bond motifs is 1. The van der Waals surface area contributed by atoms with E-state index in [4.69, 9.17) is 5.73 Å². The van der Waals surface area contributed by atoms with Gasteiger partial charge in [-0.1, -0.05) is 24.3 Å². The number of nitrogens with zero attached hydrogens (tertiary/aromatic N) is 3. The second-order valence-corrected chi connectivity index (χ2v) is 6.92. The van der Waals surface area contributed by atoms with Gasteiger partial charge in [0.05, 0.1) is 12.1 Å². The van der Waals surface area contributed by atoms with Crippen molar-refractivity contribution in [3.63, 3.8) is 0 Å². The zero-order valence-corrected chi connectivity index (χ0v) is 16.1. The van der Waals surface area contributed by atoms with E-state index < -0.39 is 5.91 Å². The lowest BCUT2D eigenvalue weighted by Gasteiger charge is -2.24. The van der Waals surface area contributed by atoms with Crippen molar-refractivity contribution in [2.75, 3.05) is 11.4 Å². The van der Waals surface area contributed by atoms with Gasteiger partial charge in [-0.3, -0.25) is 9.36 Å². The van der Waals surface area contributed by atoms with Crippen LogP contribution in [-0.4, -0.2) is 22.0 Å². The van der Waals surface area contributed by atoms with E-state index in [1.165, 1.54) is 18.2 Å². The minimum Gasteiger partial charge on any atom is -0.370 e. The summed E-state index contributed by atoms with van der Waals surface area (Å²) in [5.74, 6) is -0.576. The number of halogens is 2. The number of rotatable bonds is 7. The molecule has 0 aliphatic carbocycles. The van der Waals surface area contributed by atoms with Gasteiger partial charge >= 0.3 is 0 Å². The molecule has 4 rings (SSSR count). The zero-order chi connectivity index (χ0) is 21.1. The van der Waals surface area contributed by atoms with E-state index in [1.54, 1.807) is 28.8 Å². The van der Waals surface area contributed by atoms with E-state index in [2.05, 4.69) is 4.98 Å². The van der Waals surface area contributed by atoms with Crippen molar-refractivity contribution in [3.05, 3.63) is 90.3 Å². The summed E-state index contributed by atoms with van der Waals surface area (Å²) in [6.45, 7) is 0.601. The number of aromatic nitrogens is 2. The normalized spacial score (nSPS) is 11.0. The first-order valence-corrected chi connectivity index (χ1v) is 9.53. The Morgan fingerprint density at radius 1 is 0.967 bits per heavy atom. The molecule has 0 saturated heterocycles. The topological polar surface area (TPSA) is 64.2 Å². The van der Waals surface area contributed by atoms with Crippen molar-refractivity contribution >= 4 is 22.6 Å². The largest absolute Gasteiger partial charge is 0.370 e. The second kappa shape index (κ2) is 8.32. The highest BCUT2D eigenvalue weighted by atomic mass is 19.1. The fourth-order valence-corrected chi connectivity index (χ4v) is 3.46. The van der Waals surface area contributed by atoms with Crippen LogP contribution in [0.5, 0.6) is 0 Å². The molecule has 30 heavy (non-hydrogen) atoms. The summed E-state index contributed by atoms with van der Waals surface area (Å²) in [5, 5.41) is 0. The third kappa shape index (κ3) is 4.00. The standard InChI is InChI=1S/C23H20F2N4O/c24-16-9-11-17(12-10-16)28(14-13-21(26)30)15-22-27-20-8-4-7-19(25)23(20)29(22)18-5-2-1-3-6-18/h1-12H,13-15H2,(H2,26,30). The van der Waals surface area contributed by atoms with Gasteiger partial charge in [0.1, 0.15) is 23.0 Å². The molecule has 4 aromatic rings. The Bertz CT molecular complexity index is 1170. The molecular formula is C23H20F2N4O. The molecule has 1 heterocycles. The summed E-state index contributed by atoms with van der Waals surface area (Å²) in [7, 11) is 0. The molecule has 0 bridgehead atoms. The lowest BCUT2D eigenvalue weighted by molar-refractivity contribution is -0.117. The Morgan fingerprint density at radius 3 is 2.40 bits per heavy atom. The van der Waals surface area contributed by atoms with E-state index in [0.29, 0.717) is 29.1 Å². The van der Waals surface area contributed by atoms with E-state index in [-0.39, 0.29) is 24.6 Å². The third-order valence-corrected chi connectivity index (χ3v) is 4.86. The second-order valence-electron chi connectivity index (χ2n) is 6.92. The fourth-order valence-electron chi connectivity index (χ4n) is 3.46. The molecule has 152 valence electrons. The van der Waals surface area contributed by atoms with Crippen LogP contribution in [0, 0.1) is 11.6 Å². The van der Waals surface area contributed by atoms with E-state index in [1.807, 2.05) is 35.2 Å². The van der Waals surface area contributed by atoms with Crippen LogP contribution in [0.25, 0.3) is 16.7 Å². The van der Waals surface area contributed by atoms with Crippen LogP contribution in [0.4, 0.5) is 14.5 Å². The number of carbonyl (C=O) groups excluding carboxylic acids is 1. The van der Waals surface area contributed by atoms with Gasteiger partial charge in [0.2, 0.25) is 5.91 Å². The number of hydrogen-bond acceptors (Lipinski definition) is 3. The third-order valence-electron chi connectivity index (χ3n) is 4.86. The van der Waals surface area contributed by atoms with Gasteiger partial charge in [-0.15, -0.1) is 0 Å². The maximum atomic E-state index is 14.7. The first-order chi connectivity index (χ1) is 14.5. The minimum atomic E-state index is -0.440. The lowest BCUT2D eigenvalue weighted by Crippen LogP contribution is -2.29. The van der Waals surface area contributed by atoms with Crippen LogP contribution in [0.1, 0.15) is 12.2 Å². The summed E-state index contributed by atoms with van der Waals surface area (Å²) in [4.78, 5) is 17.9. The Balaban J connectivity index is 1.81. The number of imidazole rings is 1. The number of para-hydroxylation sites is 2. The quantitative estimate of drug-likeness (QED) is 0.501. The van der Waals surface area contributed by atoms with Gasteiger partial charge in [-0.05, 0) is 48.5 Å². The Hall–Kier alpha value is -3.74. The van der Waals surface area contributed by atoms with Crippen molar-refractivity contribution in [2.45, 2.75) is 13.0 Å². The Morgan fingerprint density at radius 2 is 1.70 bits per heavy atom. The summed E-state index contributed by atoms with van der Waals surface area (Å²) in [5.41, 5.74) is 7.74. The molecule has 1 aromatic heterocycles. The van der Waals surface area contributed by atoms with E-state index >= 15 is 0 Å². The van der Waals surface area contributed by atoms with Crippen molar-refractivity contribution < 1.29 is 13.6 Å². The van der Waals surface area contributed by atoms with Crippen LogP contribution < -0.4 is 10.6 Å². The van der Waals surface area contributed by atoms with Gasteiger partial charge in [-0.25, -0.2) is 13.8 Å². The average molecular weight is 406 g/mol. The molecule has 5 nitrogen and oxygen atoms in total. The smallest absolute Gasteiger partial charge is 0.219 e. The molecule has 0 aliphatic rings. The number of anilines is 1. The summed E-state index contributed by atoms with van der Waals surface area (Å²) in [6, 6.07) is 20.1. The molecule has 0 aliphatic heterocycles. The first-order valence-electron chi connectivity index (χ1n) is 9.53. The number of amides is 1. The molecule has 3 aromatic carbocycles. The highest BCUT2D eigenvalue weighted by Gasteiger charge is 2.19. The molecule has 7 heteroatoms. The average Bonchev–Trinajstić information content (AvgIpc) is 3.11. The van der Waals surface area contributed by atoms with Gasteiger partial charge < -0.3 is 10.6 Å². The summed E-state index contributed by atoms with van der Waals surface area (Å²) in [6.07, 6.45) is 0.122.